The highest BCUT2D eigenvalue weighted by Gasteiger charge is 2.05. The SMILES string of the molecule is CCOc1ccc(CNC(=O)C#N)cc1F. The largest absolute Gasteiger partial charge is 0.491 e. The summed E-state index contributed by atoms with van der Waals surface area (Å²) in [6.07, 6.45) is 0. The molecule has 0 aliphatic carbocycles. The molecule has 0 aliphatic heterocycles. The lowest BCUT2D eigenvalue weighted by Gasteiger charge is -2.06. The molecule has 0 fully saturated rings. The van der Waals surface area contributed by atoms with Gasteiger partial charge in [0, 0.05) is 6.54 Å². The van der Waals surface area contributed by atoms with Crippen LogP contribution >= 0.6 is 0 Å². The maximum absolute atomic E-state index is 13.3. The van der Waals surface area contributed by atoms with Crippen LogP contribution in [0.3, 0.4) is 0 Å². The Hall–Kier alpha value is -2.09. The number of ether oxygens (including phenoxy) is 1. The molecule has 0 atom stereocenters. The highest BCUT2D eigenvalue weighted by Crippen LogP contribution is 2.18. The summed E-state index contributed by atoms with van der Waals surface area (Å²) in [6.45, 7) is 2.28. The van der Waals surface area contributed by atoms with Gasteiger partial charge in [-0.2, -0.15) is 5.26 Å². The zero-order valence-electron chi connectivity index (χ0n) is 8.79. The predicted octanol–water partition coefficient (Wildman–Crippen LogP) is 1.36. The number of hydrogen-bond acceptors (Lipinski definition) is 3. The summed E-state index contributed by atoms with van der Waals surface area (Å²) < 4.78 is 18.4. The minimum absolute atomic E-state index is 0.121. The van der Waals surface area contributed by atoms with Crippen LogP contribution in [0.15, 0.2) is 18.2 Å². The molecule has 0 unspecified atom stereocenters. The van der Waals surface area contributed by atoms with Gasteiger partial charge in [-0.1, -0.05) is 6.07 Å². The van der Waals surface area contributed by atoms with Crippen LogP contribution in [0.1, 0.15) is 12.5 Å². The maximum atomic E-state index is 13.3. The van der Waals surface area contributed by atoms with Crippen LogP contribution in [-0.2, 0) is 11.3 Å². The first-order chi connectivity index (χ1) is 7.67. The molecule has 1 aromatic carbocycles. The minimum atomic E-state index is -0.741. The van der Waals surface area contributed by atoms with Gasteiger partial charge in [0.1, 0.15) is 0 Å². The molecule has 0 bridgehead atoms. The van der Waals surface area contributed by atoms with Crippen LogP contribution in [0, 0.1) is 17.1 Å². The fourth-order valence-electron chi connectivity index (χ4n) is 1.15. The number of halogens is 1. The molecule has 5 heteroatoms. The quantitative estimate of drug-likeness (QED) is 0.782. The van der Waals surface area contributed by atoms with E-state index >= 15 is 0 Å². The van der Waals surface area contributed by atoms with Crippen molar-refractivity contribution in [3.05, 3.63) is 29.6 Å². The molecule has 0 radical (unpaired) electrons. The molecular weight excluding hydrogens is 211 g/mol. The molecule has 1 rings (SSSR count). The number of nitrogens with one attached hydrogen (secondary N) is 1. The topological polar surface area (TPSA) is 62.1 Å². The van der Waals surface area contributed by atoms with Gasteiger partial charge in [-0.25, -0.2) is 4.39 Å². The highest BCUT2D eigenvalue weighted by molar-refractivity contribution is 5.91. The lowest BCUT2D eigenvalue weighted by molar-refractivity contribution is -0.116. The van der Waals surface area contributed by atoms with Crippen molar-refractivity contribution < 1.29 is 13.9 Å². The molecule has 1 aromatic rings. The van der Waals surface area contributed by atoms with Crippen LogP contribution in [0.5, 0.6) is 5.75 Å². The molecule has 0 aliphatic rings. The van der Waals surface area contributed by atoms with Crippen molar-refractivity contribution in [2.45, 2.75) is 13.5 Å². The third-order valence-corrected chi connectivity index (χ3v) is 1.85. The van der Waals surface area contributed by atoms with E-state index in [1.807, 2.05) is 0 Å². The fourth-order valence-corrected chi connectivity index (χ4v) is 1.15. The van der Waals surface area contributed by atoms with Crippen LogP contribution in [0.4, 0.5) is 4.39 Å². The Labute approximate surface area is 92.6 Å². The van der Waals surface area contributed by atoms with Crippen molar-refractivity contribution in [3.63, 3.8) is 0 Å². The molecule has 0 heterocycles. The average molecular weight is 222 g/mol. The Morgan fingerprint density at radius 2 is 2.38 bits per heavy atom. The van der Waals surface area contributed by atoms with Gasteiger partial charge in [0.25, 0.3) is 0 Å². The monoisotopic (exact) mass is 222 g/mol. The number of benzene rings is 1. The second-order valence-corrected chi connectivity index (χ2v) is 2.99. The molecular formula is C11H11FN2O2. The maximum Gasteiger partial charge on any atom is 0.322 e. The van der Waals surface area contributed by atoms with Crippen LogP contribution in [-0.4, -0.2) is 12.5 Å². The number of hydrogen-bond donors (Lipinski definition) is 1. The molecule has 0 saturated carbocycles. The summed E-state index contributed by atoms with van der Waals surface area (Å²) in [4.78, 5) is 10.6. The van der Waals surface area contributed by atoms with Gasteiger partial charge < -0.3 is 10.1 Å². The second kappa shape index (κ2) is 5.71. The zero-order chi connectivity index (χ0) is 12.0. The zero-order valence-corrected chi connectivity index (χ0v) is 8.79. The molecule has 1 N–H and O–H groups in total. The number of rotatable bonds is 4. The van der Waals surface area contributed by atoms with Gasteiger partial charge in [0.15, 0.2) is 17.6 Å². The van der Waals surface area contributed by atoms with Crippen LogP contribution < -0.4 is 10.1 Å². The fraction of sp³-hybridized carbons (Fsp3) is 0.273. The summed E-state index contributed by atoms with van der Waals surface area (Å²) in [7, 11) is 0. The van der Waals surface area contributed by atoms with E-state index in [-0.39, 0.29) is 12.3 Å². The third kappa shape index (κ3) is 3.24. The van der Waals surface area contributed by atoms with Gasteiger partial charge >= 0.3 is 5.91 Å². The van der Waals surface area contributed by atoms with Crippen molar-refractivity contribution in [1.29, 1.82) is 5.26 Å². The van der Waals surface area contributed by atoms with Gasteiger partial charge in [-0.3, -0.25) is 4.79 Å². The first-order valence-corrected chi connectivity index (χ1v) is 4.76. The average Bonchev–Trinajstić information content (AvgIpc) is 2.29. The summed E-state index contributed by atoms with van der Waals surface area (Å²) >= 11 is 0. The van der Waals surface area contributed by atoms with Gasteiger partial charge in [-0.05, 0) is 24.6 Å². The van der Waals surface area contributed by atoms with E-state index in [0.29, 0.717) is 12.2 Å². The smallest absolute Gasteiger partial charge is 0.322 e. The Morgan fingerprint density at radius 3 is 2.94 bits per heavy atom. The molecule has 16 heavy (non-hydrogen) atoms. The Bertz CT molecular complexity index is 426. The number of amides is 1. The summed E-state index contributed by atoms with van der Waals surface area (Å²) in [5, 5.41) is 10.5. The first-order valence-electron chi connectivity index (χ1n) is 4.76. The summed E-state index contributed by atoms with van der Waals surface area (Å²) in [5.41, 5.74) is 0.574. The Morgan fingerprint density at radius 1 is 1.62 bits per heavy atom. The molecule has 0 spiro atoms. The van der Waals surface area contributed by atoms with E-state index in [9.17, 15) is 9.18 Å². The summed E-state index contributed by atoms with van der Waals surface area (Å²) in [6, 6.07) is 5.80. The molecule has 0 aromatic heterocycles. The number of nitrogens with zero attached hydrogens (tertiary/aromatic N) is 1. The first kappa shape index (κ1) is 12.0. The van der Waals surface area contributed by atoms with Crippen molar-refractivity contribution in [1.82, 2.24) is 5.32 Å². The van der Waals surface area contributed by atoms with E-state index in [4.69, 9.17) is 10.00 Å². The number of nitriles is 1. The standard InChI is InChI=1S/C11H11FN2O2/c1-2-16-10-4-3-8(5-9(10)12)7-14-11(15)6-13/h3-5H,2,7H2,1H3,(H,14,15). The molecule has 84 valence electrons. The van der Waals surface area contributed by atoms with E-state index in [1.54, 1.807) is 13.0 Å². The van der Waals surface area contributed by atoms with Crippen molar-refractivity contribution in [3.8, 4) is 11.8 Å². The second-order valence-electron chi connectivity index (χ2n) is 2.99. The van der Waals surface area contributed by atoms with Gasteiger partial charge in [0.05, 0.1) is 6.61 Å². The van der Waals surface area contributed by atoms with Crippen molar-refractivity contribution in [2.24, 2.45) is 0 Å². The normalized spacial score (nSPS) is 9.31. The van der Waals surface area contributed by atoms with E-state index in [2.05, 4.69) is 5.32 Å². The summed E-state index contributed by atoms with van der Waals surface area (Å²) in [5.74, 6) is -1.04. The highest BCUT2D eigenvalue weighted by atomic mass is 19.1. The predicted molar refractivity (Wildman–Crippen MR) is 55.0 cm³/mol. The van der Waals surface area contributed by atoms with Gasteiger partial charge in [-0.15, -0.1) is 0 Å². The van der Waals surface area contributed by atoms with E-state index in [0.717, 1.165) is 0 Å². The van der Waals surface area contributed by atoms with Crippen molar-refractivity contribution in [2.75, 3.05) is 6.61 Å². The van der Waals surface area contributed by atoms with Gasteiger partial charge in [0.2, 0.25) is 0 Å². The number of carbonyl (C=O) groups is 1. The van der Waals surface area contributed by atoms with Crippen LogP contribution in [0.25, 0.3) is 0 Å². The minimum Gasteiger partial charge on any atom is -0.491 e. The van der Waals surface area contributed by atoms with E-state index in [1.165, 1.54) is 18.2 Å². The van der Waals surface area contributed by atoms with E-state index < -0.39 is 11.7 Å². The Balaban J connectivity index is 2.67. The third-order valence-electron chi connectivity index (χ3n) is 1.85. The molecule has 0 saturated heterocycles. The van der Waals surface area contributed by atoms with Crippen LogP contribution in [0.2, 0.25) is 0 Å². The van der Waals surface area contributed by atoms with Crippen molar-refractivity contribution >= 4 is 5.91 Å². The number of carbonyl (C=O) groups excluding carboxylic acids is 1. The lowest BCUT2D eigenvalue weighted by Crippen LogP contribution is -2.20. The Kier molecular flexibility index (Phi) is 4.28. The molecule has 4 nitrogen and oxygen atoms in total. The lowest BCUT2D eigenvalue weighted by atomic mass is 10.2. The molecule has 1 amide bonds.